The minimum atomic E-state index is 0.551. The summed E-state index contributed by atoms with van der Waals surface area (Å²) in [5.74, 6) is 2.26. The number of anilines is 1. The van der Waals surface area contributed by atoms with E-state index in [1.165, 1.54) is 5.56 Å². The fourth-order valence-corrected chi connectivity index (χ4v) is 3.21. The highest BCUT2D eigenvalue weighted by Gasteiger charge is 2.21. The fraction of sp³-hybridized carbons (Fsp3) is 0.438. The third-order valence-electron chi connectivity index (χ3n) is 3.15. The number of rotatable bonds is 5. The van der Waals surface area contributed by atoms with Gasteiger partial charge in [-0.05, 0) is 30.9 Å². The molecular formula is C16H21NO2S. The quantitative estimate of drug-likeness (QED) is 0.773. The van der Waals surface area contributed by atoms with Crippen molar-refractivity contribution in [2.45, 2.75) is 27.2 Å². The lowest BCUT2D eigenvalue weighted by Gasteiger charge is -2.27. The van der Waals surface area contributed by atoms with Crippen LogP contribution in [0.2, 0.25) is 0 Å². The van der Waals surface area contributed by atoms with Crippen molar-refractivity contribution in [3.63, 3.8) is 0 Å². The van der Waals surface area contributed by atoms with E-state index in [2.05, 4.69) is 19.9 Å². The number of carbonyl (C=O) groups excluding carboxylic acids is 1. The topological polar surface area (TPSA) is 29.5 Å². The molecule has 1 aromatic rings. The lowest BCUT2D eigenvalue weighted by atomic mass is 10.0. The van der Waals surface area contributed by atoms with E-state index in [-0.39, 0.29) is 0 Å². The highest BCUT2D eigenvalue weighted by molar-refractivity contribution is 8.03. The summed E-state index contributed by atoms with van der Waals surface area (Å²) in [5.41, 5.74) is 2.16. The predicted octanol–water partition coefficient (Wildman–Crippen LogP) is 3.80. The molecule has 0 aromatic heterocycles. The van der Waals surface area contributed by atoms with Gasteiger partial charge in [0.2, 0.25) is 6.41 Å². The van der Waals surface area contributed by atoms with E-state index >= 15 is 0 Å². The first-order valence-corrected chi connectivity index (χ1v) is 7.91. The van der Waals surface area contributed by atoms with Gasteiger partial charge in [0.1, 0.15) is 10.8 Å². The Morgan fingerprint density at radius 3 is 2.80 bits per heavy atom. The average molecular weight is 291 g/mol. The molecule has 1 aliphatic heterocycles. The molecule has 0 aliphatic carbocycles. The van der Waals surface area contributed by atoms with Gasteiger partial charge in [0.15, 0.2) is 0 Å². The number of benzene rings is 1. The van der Waals surface area contributed by atoms with E-state index in [1.807, 2.05) is 25.1 Å². The van der Waals surface area contributed by atoms with Gasteiger partial charge in [0, 0.05) is 5.75 Å². The van der Waals surface area contributed by atoms with Gasteiger partial charge in [0.25, 0.3) is 0 Å². The zero-order valence-electron chi connectivity index (χ0n) is 12.3. The number of hydrogen-bond acceptors (Lipinski definition) is 3. The van der Waals surface area contributed by atoms with Crippen LogP contribution in [0.5, 0.6) is 0 Å². The Bertz CT molecular complexity index is 511. The lowest BCUT2D eigenvalue weighted by Crippen LogP contribution is -2.24. The van der Waals surface area contributed by atoms with Crippen LogP contribution in [0.1, 0.15) is 26.3 Å². The van der Waals surface area contributed by atoms with E-state index in [0.29, 0.717) is 12.5 Å². The third-order valence-corrected chi connectivity index (χ3v) is 4.27. The Hall–Kier alpha value is -1.42. The second kappa shape index (κ2) is 6.84. The number of carbonyl (C=O) groups is 1. The number of hydrogen-bond donors (Lipinski definition) is 0. The maximum atomic E-state index is 11.6. The minimum absolute atomic E-state index is 0.551. The summed E-state index contributed by atoms with van der Waals surface area (Å²) in [6.07, 6.45) is 1.85. The SMILES string of the molecule is CC1=C(N(C=O)c2ccccc2CC(C)C)SCCO1. The van der Waals surface area contributed by atoms with Gasteiger partial charge in [0.05, 0.1) is 12.3 Å². The van der Waals surface area contributed by atoms with Crippen LogP contribution in [0.15, 0.2) is 35.1 Å². The van der Waals surface area contributed by atoms with Crippen LogP contribution >= 0.6 is 11.8 Å². The Morgan fingerprint density at radius 2 is 2.15 bits per heavy atom. The fourth-order valence-electron chi connectivity index (χ4n) is 2.31. The molecule has 4 heteroatoms. The summed E-state index contributed by atoms with van der Waals surface area (Å²) >= 11 is 1.68. The van der Waals surface area contributed by atoms with E-state index in [9.17, 15) is 4.79 Å². The molecule has 3 nitrogen and oxygen atoms in total. The number of thioether (sulfide) groups is 1. The Balaban J connectivity index is 2.39. The molecule has 108 valence electrons. The molecule has 1 aromatic carbocycles. The van der Waals surface area contributed by atoms with Crippen molar-refractivity contribution in [2.75, 3.05) is 17.3 Å². The van der Waals surface area contributed by atoms with E-state index in [4.69, 9.17) is 4.74 Å². The summed E-state index contributed by atoms with van der Waals surface area (Å²) in [6, 6.07) is 8.09. The van der Waals surface area contributed by atoms with Crippen molar-refractivity contribution in [3.05, 3.63) is 40.6 Å². The normalized spacial score (nSPS) is 15.2. The Labute approximate surface area is 125 Å². The zero-order chi connectivity index (χ0) is 14.5. The summed E-state index contributed by atoms with van der Waals surface area (Å²) in [4.78, 5) is 13.3. The van der Waals surface area contributed by atoms with E-state index in [0.717, 1.165) is 35.1 Å². The molecule has 0 unspecified atom stereocenters. The van der Waals surface area contributed by atoms with Crippen LogP contribution in [-0.4, -0.2) is 18.8 Å². The summed E-state index contributed by atoms with van der Waals surface area (Å²) < 4.78 is 5.57. The first kappa shape index (κ1) is 15.0. The van der Waals surface area contributed by atoms with E-state index in [1.54, 1.807) is 16.7 Å². The zero-order valence-corrected chi connectivity index (χ0v) is 13.1. The van der Waals surface area contributed by atoms with Gasteiger partial charge in [-0.15, -0.1) is 11.8 Å². The maximum Gasteiger partial charge on any atom is 0.219 e. The number of nitrogens with zero attached hydrogens (tertiary/aromatic N) is 1. The van der Waals surface area contributed by atoms with E-state index < -0.39 is 0 Å². The first-order chi connectivity index (χ1) is 9.63. The van der Waals surface area contributed by atoms with Crippen LogP contribution in [-0.2, 0) is 16.0 Å². The van der Waals surface area contributed by atoms with Crippen molar-refractivity contribution in [1.29, 1.82) is 0 Å². The number of para-hydroxylation sites is 1. The molecular weight excluding hydrogens is 270 g/mol. The van der Waals surface area contributed by atoms with Crippen molar-refractivity contribution >= 4 is 23.9 Å². The molecule has 1 amide bonds. The molecule has 0 bridgehead atoms. The largest absolute Gasteiger partial charge is 0.495 e. The lowest BCUT2D eigenvalue weighted by molar-refractivity contribution is -0.107. The third kappa shape index (κ3) is 3.37. The molecule has 0 fully saturated rings. The molecule has 1 aliphatic rings. The summed E-state index contributed by atoms with van der Waals surface area (Å²) in [5, 5.41) is 0.905. The monoisotopic (exact) mass is 291 g/mol. The molecule has 20 heavy (non-hydrogen) atoms. The Kier molecular flexibility index (Phi) is 5.12. The van der Waals surface area contributed by atoms with Crippen molar-refractivity contribution in [1.82, 2.24) is 0 Å². The number of ether oxygens (including phenoxy) is 1. The van der Waals surface area contributed by atoms with Gasteiger partial charge < -0.3 is 4.74 Å². The standard InChI is InChI=1S/C16H21NO2S/c1-12(2)10-14-6-4-5-7-15(14)17(11-18)16-13(3)19-8-9-20-16/h4-7,11-12H,8-10H2,1-3H3. The van der Waals surface area contributed by atoms with Gasteiger partial charge in [-0.2, -0.15) is 0 Å². The second-order valence-corrected chi connectivity index (χ2v) is 6.34. The second-order valence-electron chi connectivity index (χ2n) is 5.26. The summed E-state index contributed by atoms with van der Waals surface area (Å²) in [6.45, 7) is 7.00. The smallest absolute Gasteiger partial charge is 0.219 e. The number of allylic oxidation sites excluding steroid dienone is 1. The molecule has 0 saturated heterocycles. The van der Waals surface area contributed by atoms with Gasteiger partial charge in [-0.1, -0.05) is 32.0 Å². The van der Waals surface area contributed by atoms with Gasteiger partial charge in [-0.3, -0.25) is 9.69 Å². The van der Waals surface area contributed by atoms with Gasteiger partial charge in [-0.25, -0.2) is 0 Å². The van der Waals surface area contributed by atoms with Crippen LogP contribution in [0.4, 0.5) is 5.69 Å². The average Bonchev–Trinajstić information content (AvgIpc) is 2.43. The molecule has 1 heterocycles. The number of amides is 1. The molecule has 0 atom stereocenters. The maximum absolute atomic E-state index is 11.6. The highest BCUT2D eigenvalue weighted by Crippen LogP contribution is 2.34. The van der Waals surface area contributed by atoms with Crippen LogP contribution in [0.25, 0.3) is 0 Å². The molecule has 0 radical (unpaired) electrons. The first-order valence-electron chi connectivity index (χ1n) is 6.92. The minimum Gasteiger partial charge on any atom is -0.495 e. The molecule has 2 rings (SSSR count). The van der Waals surface area contributed by atoms with Gasteiger partial charge >= 0.3 is 0 Å². The van der Waals surface area contributed by atoms with Crippen molar-refractivity contribution in [3.8, 4) is 0 Å². The highest BCUT2D eigenvalue weighted by atomic mass is 32.2. The predicted molar refractivity (Wildman–Crippen MR) is 84.6 cm³/mol. The van der Waals surface area contributed by atoms with Crippen molar-refractivity contribution in [2.24, 2.45) is 5.92 Å². The molecule has 0 N–H and O–H groups in total. The van der Waals surface area contributed by atoms with Crippen LogP contribution < -0.4 is 4.90 Å². The molecule has 0 saturated carbocycles. The summed E-state index contributed by atoms with van der Waals surface area (Å²) in [7, 11) is 0. The van der Waals surface area contributed by atoms with Crippen LogP contribution in [0, 0.1) is 5.92 Å². The Morgan fingerprint density at radius 1 is 1.40 bits per heavy atom. The van der Waals surface area contributed by atoms with Crippen molar-refractivity contribution < 1.29 is 9.53 Å². The molecule has 0 spiro atoms. The van der Waals surface area contributed by atoms with Crippen LogP contribution in [0.3, 0.4) is 0 Å².